The predicted octanol–water partition coefficient (Wildman–Crippen LogP) is 2.57. The Morgan fingerprint density at radius 2 is 1.95 bits per heavy atom. The summed E-state index contributed by atoms with van der Waals surface area (Å²) in [6.45, 7) is 1.76. The number of hydrogen-bond acceptors (Lipinski definition) is 4. The SMILES string of the molecule is Cc1cc(O)cc2cc3c(c(O)c12)C(=O)CC[C@H]3O. The highest BCUT2D eigenvalue weighted by Crippen LogP contribution is 2.41. The van der Waals surface area contributed by atoms with Gasteiger partial charge in [-0.3, -0.25) is 4.79 Å². The monoisotopic (exact) mass is 258 g/mol. The molecule has 4 heteroatoms. The fraction of sp³-hybridized carbons (Fsp3) is 0.267. The number of aryl methyl sites for hydroxylation is 1. The van der Waals surface area contributed by atoms with Gasteiger partial charge in [-0.25, -0.2) is 0 Å². The smallest absolute Gasteiger partial charge is 0.167 e. The van der Waals surface area contributed by atoms with Crippen molar-refractivity contribution < 1.29 is 20.1 Å². The second kappa shape index (κ2) is 3.96. The van der Waals surface area contributed by atoms with E-state index in [1.807, 2.05) is 0 Å². The number of aliphatic hydroxyl groups excluding tert-OH is 1. The molecule has 0 amide bonds. The van der Waals surface area contributed by atoms with Crippen molar-refractivity contribution in [2.24, 2.45) is 0 Å². The van der Waals surface area contributed by atoms with Gasteiger partial charge < -0.3 is 15.3 Å². The van der Waals surface area contributed by atoms with Gasteiger partial charge in [0.15, 0.2) is 5.78 Å². The average molecular weight is 258 g/mol. The number of phenols is 2. The fourth-order valence-corrected chi connectivity index (χ4v) is 2.84. The lowest BCUT2D eigenvalue weighted by atomic mass is 9.85. The molecule has 1 aliphatic rings. The third-order valence-corrected chi connectivity index (χ3v) is 3.71. The van der Waals surface area contributed by atoms with E-state index in [0.29, 0.717) is 28.3 Å². The van der Waals surface area contributed by atoms with Crippen LogP contribution in [0, 0.1) is 6.92 Å². The van der Waals surface area contributed by atoms with Gasteiger partial charge in [-0.05, 0) is 48.1 Å². The predicted molar refractivity (Wildman–Crippen MR) is 70.5 cm³/mol. The van der Waals surface area contributed by atoms with Gasteiger partial charge in [-0.2, -0.15) is 0 Å². The van der Waals surface area contributed by atoms with Gasteiger partial charge in [0.25, 0.3) is 0 Å². The molecule has 2 aromatic rings. The van der Waals surface area contributed by atoms with Crippen LogP contribution in [0.3, 0.4) is 0 Å². The minimum absolute atomic E-state index is 0.0891. The summed E-state index contributed by atoms with van der Waals surface area (Å²) < 4.78 is 0. The molecule has 0 spiro atoms. The molecular weight excluding hydrogens is 244 g/mol. The molecule has 0 radical (unpaired) electrons. The Balaban J connectivity index is 2.45. The van der Waals surface area contributed by atoms with E-state index in [1.165, 1.54) is 12.1 Å². The van der Waals surface area contributed by atoms with E-state index in [4.69, 9.17) is 0 Å². The van der Waals surface area contributed by atoms with E-state index in [2.05, 4.69) is 0 Å². The van der Waals surface area contributed by atoms with E-state index in [0.717, 1.165) is 0 Å². The lowest BCUT2D eigenvalue weighted by Crippen LogP contribution is -2.15. The molecule has 2 aromatic carbocycles. The van der Waals surface area contributed by atoms with Gasteiger partial charge in [-0.1, -0.05) is 0 Å². The van der Waals surface area contributed by atoms with Crippen molar-refractivity contribution in [3.05, 3.63) is 34.9 Å². The number of rotatable bonds is 0. The minimum Gasteiger partial charge on any atom is -0.508 e. The number of ketones is 1. The maximum absolute atomic E-state index is 12.0. The molecule has 0 saturated carbocycles. The number of phenolic OH excluding ortho intramolecular Hbond substituents is 2. The van der Waals surface area contributed by atoms with E-state index in [1.54, 1.807) is 13.0 Å². The summed E-state index contributed by atoms with van der Waals surface area (Å²) in [5.41, 5.74) is 1.37. The van der Waals surface area contributed by atoms with Crippen molar-refractivity contribution in [3.8, 4) is 11.5 Å². The Morgan fingerprint density at radius 1 is 1.21 bits per heavy atom. The number of carbonyl (C=O) groups excluding carboxylic acids is 1. The van der Waals surface area contributed by atoms with Crippen LogP contribution < -0.4 is 0 Å². The van der Waals surface area contributed by atoms with Gasteiger partial charge in [-0.15, -0.1) is 0 Å². The van der Waals surface area contributed by atoms with Crippen LogP contribution in [-0.4, -0.2) is 21.1 Å². The molecule has 0 fully saturated rings. The van der Waals surface area contributed by atoms with Crippen LogP contribution in [0.5, 0.6) is 11.5 Å². The van der Waals surface area contributed by atoms with Crippen LogP contribution in [0.1, 0.15) is 40.4 Å². The first kappa shape index (κ1) is 12.0. The Bertz CT molecular complexity index is 703. The lowest BCUT2D eigenvalue weighted by Gasteiger charge is -2.23. The highest BCUT2D eigenvalue weighted by molar-refractivity contribution is 6.08. The molecule has 98 valence electrons. The Labute approximate surface area is 109 Å². The third-order valence-electron chi connectivity index (χ3n) is 3.71. The van der Waals surface area contributed by atoms with Crippen LogP contribution >= 0.6 is 0 Å². The molecule has 0 bridgehead atoms. The fourth-order valence-electron chi connectivity index (χ4n) is 2.84. The zero-order valence-electron chi connectivity index (χ0n) is 10.5. The van der Waals surface area contributed by atoms with Gasteiger partial charge in [0.2, 0.25) is 0 Å². The largest absolute Gasteiger partial charge is 0.508 e. The number of hydrogen-bond donors (Lipinski definition) is 3. The zero-order chi connectivity index (χ0) is 13.7. The van der Waals surface area contributed by atoms with E-state index >= 15 is 0 Å². The van der Waals surface area contributed by atoms with Crippen LogP contribution in [0.2, 0.25) is 0 Å². The summed E-state index contributed by atoms with van der Waals surface area (Å²) in [7, 11) is 0. The summed E-state index contributed by atoms with van der Waals surface area (Å²) in [5, 5.41) is 31.1. The Morgan fingerprint density at radius 3 is 2.68 bits per heavy atom. The van der Waals surface area contributed by atoms with E-state index in [9.17, 15) is 20.1 Å². The molecule has 0 saturated heterocycles. The molecule has 19 heavy (non-hydrogen) atoms. The number of fused-ring (bicyclic) bond motifs is 2. The second-order valence-electron chi connectivity index (χ2n) is 5.03. The molecule has 1 aliphatic carbocycles. The average Bonchev–Trinajstić information content (AvgIpc) is 2.32. The van der Waals surface area contributed by atoms with Gasteiger partial charge >= 0.3 is 0 Å². The van der Waals surface area contributed by atoms with Gasteiger partial charge in [0, 0.05) is 11.8 Å². The normalized spacial score (nSPS) is 18.6. The lowest BCUT2D eigenvalue weighted by molar-refractivity contribution is 0.0893. The summed E-state index contributed by atoms with van der Waals surface area (Å²) in [5.74, 6) is -0.137. The number of aliphatic hydroxyl groups is 1. The van der Waals surface area contributed by atoms with Crippen LogP contribution in [0.15, 0.2) is 18.2 Å². The van der Waals surface area contributed by atoms with Crippen molar-refractivity contribution in [1.29, 1.82) is 0 Å². The molecule has 0 unspecified atom stereocenters. The van der Waals surface area contributed by atoms with E-state index < -0.39 is 6.10 Å². The number of benzene rings is 2. The van der Waals surface area contributed by atoms with Crippen LogP contribution in [0.25, 0.3) is 10.8 Å². The van der Waals surface area contributed by atoms with Crippen molar-refractivity contribution in [2.75, 3.05) is 0 Å². The quantitative estimate of drug-likeness (QED) is 0.678. The standard InChI is InChI=1S/C15H14O4/c1-7-4-9(16)5-8-6-10-11(17)2-3-12(18)14(10)15(19)13(7)8/h4-6,11,16-17,19H,2-3H2,1H3/t11-/m1/s1. The summed E-state index contributed by atoms with van der Waals surface area (Å²) in [6.07, 6.45) is -0.135. The molecule has 0 aliphatic heterocycles. The third kappa shape index (κ3) is 1.68. The molecule has 3 rings (SSSR count). The Kier molecular flexibility index (Phi) is 2.50. The highest BCUT2D eigenvalue weighted by atomic mass is 16.3. The first-order chi connectivity index (χ1) is 8.99. The van der Waals surface area contributed by atoms with Gasteiger partial charge in [0.05, 0.1) is 11.7 Å². The summed E-state index contributed by atoms with van der Waals surface area (Å²) >= 11 is 0. The summed E-state index contributed by atoms with van der Waals surface area (Å²) in [4.78, 5) is 12.0. The van der Waals surface area contributed by atoms with Crippen molar-refractivity contribution in [2.45, 2.75) is 25.9 Å². The summed E-state index contributed by atoms with van der Waals surface area (Å²) in [6, 6.07) is 4.74. The van der Waals surface area contributed by atoms with Gasteiger partial charge in [0.1, 0.15) is 11.5 Å². The van der Waals surface area contributed by atoms with E-state index in [-0.39, 0.29) is 29.3 Å². The molecular formula is C15H14O4. The first-order valence-corrected chi connectivity index (χ1v) is 6.19. The number of aromatic hydroxyl groups is 2. The van der Waals surface area contributed by atoms with Crippen molar-refractivity contribution in [3.63, 3.8) is 0 Å². The highest BCUT2D eigenvalue weighted by Gasteiger charge is 2.28. The zero-order valence-corrected chi connectivity index (χ0v) is 10.5. The van der Waals surface area contributed by atoms with Crippen molar-refractivity contribution in [1.82, 2.24) is 0 Å². The Hall–Kier alpha value is -2.07. The van der Waals surface area contributed by atoms with Crippen LogP contribution in [-0.2, 0) is 0 Å². The molecule has 4 nitrogen and oxygen atoms in total. The molecule has 0 aromatic heterocycles. The first-order valence-electron chi connectivity index (χ1n) is 6.19. The molecule has 3 N–H and O–H groups in total. The number of carbonyl (C=O) groups is 1. The minimum atomic E-state index is -0.745. The maximum atomic E-state index is 12.0. The second-order valence-corrected chi connectivity index (χ2v) is 5.03. The topological polar surface area (TPSA) is 77.8 Å². The molecule has 0 heterocycles. The van der Waals surface area contributed by atoms with Crippen LogP contribution in [0.4, 0.5) is 0 Å². The molecule has 1 atom stereocenters. The maximum Gasteiger partial charge on any atom is 0.167 e. The number of Topliss-reactive ketones (excluding diaryl/α,β-unsaturated/α-hetero) is 1. The van der Waals surface area contributed by atoms with Crippen molar-refractivity contribution >= 4 is 16.6 Å².